The Kier molecular flexibility index (Phi) is 8.02. The van der Waals surface area contributed by atoms with Crippen LogP contribution in [0.3, 0.4) is 0 Å². The number of aliphatic hydroxyl groups is 1. The van der Waals surface area contributed by atoms with Crippen molar-refractivity contribution in [2.45, 2.75) is 37.1 Å². The van der Waals surface area contributed by atoms with Gasteiger partial charge in [0.25, 0.3) is 5.56 Å². The van der Waals surface area contributed by atoms with Gasteiger partial charge in [0.05, 0.1) is 32.4 Å². The Morgan fingerprint density at radius 2 is 1.94 bits per heavy atom. The Labute approximate surface area is 191 Å². The van der Waals surface area contributed by atoms with E-state index in [1.807, 2.05) is 0 Å². The normalized spacial score (nSPS) is 22.4. The number of benzene rings is 1. The van der Waals surface area contributed by atoms with E-state index in [-0.39, 0.29) is 6.54 Å². The lowest BCUT2D eigenvalue weighted by atomic mass is 10.1. The first-order valence-corrected chi connectivity index (χ1v) is 10.0. The summed E-state index contributed by atoms with van der Waals surface area (Å²) in [7, 11) is 2.54. The summed E-state index contributed by atoms with van der Waals surface area (Å²) in [5, 5.41) is 13.1. The Balaban J connectivity index is 2.02. The molecular weight excluding hydrogens is 460 g/mol. The fourth-order valence-electron chi connectivity index (χ4n) is 3.61. The van der Waals surface area contributed by atoms with Crippen molar-refractivity contribution in [1.29, 1.82) is 0 Å². The Morgan fingerprint density at radius 1 is 1.24 bits per heavy atom. The lowest BCUT2D eigenvalue weighted by Gasteiger charge is -2.27. The van der Waals surface area contributed by atoms with Crippen LogP contribution in [0.4, 0.5) is 8.78 Å². The van der Waals surface area contributed by atoms with E-state index >= 15 is 0 Å². The number of azide groups is 1. The van der Waals surface area contributed by atoms with E-state index < -0.39 is 55.0 Å². The Bertz CT molecular complexity index is 1150. The molecule has 1 aliphatic rings. The lowest BCUT2D eigenvalue weighted by Crippen LogP contribution is -2.46. The van der Waals surface area contributed by atoms with E-state index in [9.17, 15) is 23.5 Å². The number of halogens is 2. The number of hydrogen-bond acceptors (Lipinski definition) is 8. The summed E-state index contributed by atoms with van der Waals surface area (Å²) >= 11 is 0. The minimum absolute atomic E-state index is 0.121. The van der Waals surface area contributed by atoms with Crippen LogP contribution in [-0.2, 0) is 20.8 Å². The minimum atomic E-state index is -3.82. The van der Waals surface area contributed by atoms with Crippen LogP contribution in [0.2, 0.25) is 0 Å². The van der Waals surface area contributed by atoms with Crippen LogP contribution in [-0.4, -0.2) is 66.0 Å². The molecule has 0 spiro atoms. The van der Waals surface area contributed by atoms with Crippen molar-refractivity contribution in [1.82, 2.24) is 9.13 Å². The fourth-order valence-corrected chi connectivity index (χ4v) is 3.61. The molecule has 2 heterocycles. The first-order valence-electron chi connectivity index (χ1n) is 10.0. The molecule has 2 aromatic rings. The molecule has 3 rings (SSSR count). The average Bonchev–Trinajstić information content (AvgIpc) is 3.13. The standard InChI is InChI=1S/C20H23F2N5O7/c1-31-11-20(21,22)34-17-16(24-25-23)14(10-28)33-18(17)26-8-7-15(29)27(19(26)30)9-12-3-5-13(32-2)6-4-12/h3-8,14,16-18,28H,9-11H2,1-2H3/t14-,16-,17-,18-/m1/s1. The molecule has 34 heavy (non-hydrogen) atoms. The van der Waals surface area contributed by atoms with Crippen molar-refractivity contribution in [2.75, 3.05) is 27.4 Å². The van der Waals surface area contributed by atoms with Crippen LogP contribution in [0, 0.1) is 0 Å². The monoisotopic (exact) mass is 483 g/mol. The molecule has 12 nitrogen and oxygen atoms in total. The van der Waals surface area contributed by atoms with Crippen molar-refractivity contribution >= 4 is 0 Å². The zero-order valence-electron chi connectivity index (χ0n) is 18.3. The molecule has 0 saturated carbocycles. The summed E-state index contributed by atoms with van der Waals surface area (Å²) in [5.74, 6) is 0.581. The van der Waals surface area contributed by atoms with E-state index in [0.29, 0.717) is 11.3 Å². The Morgan fingerprint density at radius 3 is 2.53 bits per heavy atom. The SMILES string of the molecule is COCC(F)(F)O[C@@H]1[C@H](N=[N+]=[N-])[C@@H](CO)O[C@H]1n1ccc(=O)n(Cc2ccc(OC)cc2)c1=O. The van der Waals surface area contributed by atoms with Crippen LogP contribution < -0.4 is 16.0 Å². The third-order valence-electron chi connectivity index (χ3n) is 5.17. The summed E-state index contributed by atoms with van der Waals surface area (Å²) in [5.41, 5.74) is 7.97. The topological polar surface area (TPSA) is 150 Å². The zero-order chi connectivity index (χ0) is 24.9. The first-order chi connectivity index (χ1) is 16.2. The van der Waals surface area contributed by atoms with Gasteiger partial charge in [-0.25, -0.2) is 4.79 Å². The second-order valence-corrected chi connectivity index (χ2v) is 7.37. The summed E-state index contributed by atoms with van der Waals surface area (Å²) in [6.45, 7) is -1.94. The molecule has 1 N–H and O–H groups in total. The second kappa shape index (κ2) is 10.8. The maximum Gasteiger partial charge on any atom is 0.379 e. The average molecular weight is 483 g/mol. The maximum absolute atomic E-state index is 14.3. The molecule has 0 amide bonds. The zero-order valence-corrected chi connectivity index (χ0v) is 18.3. The van der Waals surface area contributed by atoms with Crippen LogP contribution >= 0.6 is 0 Å². The number of alkyl halides is 2. The lowest BCUT2D eigenvalue weighted by molar-refractivity contribution is -0.293. The highest BCUT2D eigenvalue weighted by molar-refractivity contribution is 5.27. The molecule has 4 atom stereocenters. The van der Waals surface area contributed by atoms with E-state index in [1.54, 1.807) is 24.3 Å². The highest BCUT2D eigenvalue weighted by atomic mass is 19.3. The molecule has 1 aromatic heterocycles. The highest BCUT2D eigenvalue weighted by Gasteiger charge is 2.50. The van der Waals surface area contributed by atoms with Crippen molar-refractivity contribution in [3.63, 3.8) is 0 Å². The van der Waals surface area contributed by atoms with E-state index in [4.69, 9.17) is 19.7 Å². The second-order valence-electron chi connectivity index (χ2n) is 7.37. The van der Waals surface area contributed by atoms with Gasteiger partial charge in [0.2, 0.25) is 0 Å². The molecule has 0 radical (unpaired) electrons. The number of aliphatic hydroxyl groups excluding tert-OH is 1. The number of rotatable bonds is 10. The van der Waals surface area contributed by atoms with E-state index in [1.165, 1.54) is 7.11 Å². The molecule has 1 saturated heterocycles. The van der Waals surface area contributed by atoms with Crippen molar-refractivity contribution < 1.29 is 32.8 Å². The van der Waals surface area contributed by atoms with Crippen molar-refractivity contribution in [3.05, 3.63) is 73.4 Å². The van der Waals surface area contributed by atoms with Gasteiger partial charge in [0.15, 0.2) is 6.23 Å². The van der Waals surface area contributed by atoms with E-state index in [0.717, 1.165) is 28.5 Å². The largest absolute Gasteiger partial charge is 0.497 e. The number of hydrogen-bond donors (Lipinski definition) is 1. The van der Waals surface area contributed by atoms with Gasteiger partial charge in [-0.05, 0) is 23.2 Å². The number of nitrogens with zero attached hydrogens (tertiary/aromatic N) is 5. The van der Waals surface area contributed by atoms with Gasteiger partial charge in [0, 0.05) is 24.3 Å². The van der Waals surface area contributed by atoms with Crippen LogP contribution in [0.1, 0.15) is 11.8 Å². The smallest absolute Gasteiger partial charge is 0.379 e. The van der Waals surface area contributed by atoms with Crippen LogP contribution in [0.25, 0.3) is 10.4 Å². The molecule has 14 heteroatoms. The third kappa shape index (κ3) is 5.43. The van der Waals surface area contributed by atoms with Crippen LogP contribution in [0.15, 0.2) is 51.2 Å². The highest BCUT2D eigenvalue weighted by Crippen LogP contribution is 2.36. The molecule has 1 aromatic carbocycles. The quantitative estimate of drug-likeness (QED) is 0.304. The Hall–Kier alpha value is -3.29. The van der Waals surface area contributed by atoms with Gasteiger partial charge in [-0.1, -0.05) is 17.2 Å². The molecule has 0 bridgehead atoms. The maximum atomic E-state index is 14.3. The molecule has 184 valence electrons. The molecule has 1 aliphatic heterocycles. The summed E-state index contributed by atoms with van der Waals surface area (Å²) in [6, 6.07) is 6.29. The fraction of sp³-hybridized carbons (Fsp3) is 0.500. The first kappa shape index (κ1) is 25.3. The van der Waals surface area contributed by atoms with Gasteiger partial charge in [-0.2, -0.15) is 8.78 Å². The number of aromatic nitrogens is 2. The third-order valence-corrected chi connectivity index (χ3v) is 5.17. The predicted molar refractivity (Wildman–Crippen MR) is 113 cm³/mol. The van der Waals surface area contributed by atoms with Crippen molar-refractivity contribution in [2.24, 2.45) is 5.11 Å². The summed E-state index contributed by atoms with van der Waals surface area (Å²) < 4.78 is 50.2. The predicted octanol–water partition coefficient (Wildman–Crippen LogP) is 1.26. The number of methoxy groups -OCH3 is 2. The van der Waals surface area contributed by atoms with Gasteiger partial charge in [-0.3, -0.25) is 13.9 Å². The van der Waals surface area contributed by atoms with Gasteiger partial charge in [-0.15, -0.1) is 0 Å². The van der Waals surface area contributed by atoms with Gasteiger partial charge in [0.1, 0.15) is 18.5 Å². The summed E-state index contributed by atoms with van der Waals surface area (Å²) in [4.78, 5) is 28.2. The summed E-state index contributed by atoms with van der Waals surface area (Å²) in [6.07, 6.45) is -7.21. The minimum Gasteiger partial charge on any atom is -0.497 e. The van der Waals surface area contributed by atoms with E-state index in [2.05, 4.69) is 14.8 Å². The van der Waals surface area contributed by atoms with Gasteiger partial charge >= 0.3 is 11.8 Å². The number of ether oxygens (including phenoxy) is 4. The molecule has 0 unspecified atom stereocenters. The van der Waals surface area contributed by atoms with Gasteiger partial charge < -0.3 is 24.1 Å². The molecule has 0 aliphatic carbocycles. The molecule has 1 fully saturated rings. The van der Waals surface area contributed by atoms with Crippen molar-refractivity contribution in [3.8, 4) is 5.75 Å². The van der Waals surface area contributed by atoms with Crippen LogP contribution in [0.5, 0.6) is 5.75 Å². The molecular formula is C20H23F2N5O7.